The van der Waals surface area contributed by atoms with Crippen LogP contribution in [0.1, 0.15) is 15.4 Å². The Morgan fingerprint density at radius 3 is 2.48 bits per heavy atom. The first-order chi connectivity index (χ1) is 12.4. The van der Waals surface area contributed by atoms with Crippen molar-refractivity contribution in [2.24, 2.45) is 4.99 Å². The average molecular weight is 515 g/mol. The molecule has 0 fully saturated rings. The number of hydrogen-bond acceptors (Lipinski definition) is 5. The smallest absolute Gasteiger partial charge is 0.417 e. The number of nitrogens with zero attached hydrogens (tertiary/aromatic N) is 3. The first-order valence-electron chi connectivity index (χ1n) is 7.90. The highest BCUT2D eigenvalue weighted by Crippen LogP contribution is 2.29. The molecule has 0 spiro atoms. The minimum atomic E-state index is -4.40. The van der Waals surface area contributed by atoms with Crippen LogP contribution in [0.4, 0.5) is 13.2 Å². The molecule has 0 aliphatic heterocycles. The Hall–Kier alpha value is -1.63. The van der Waals surface area contributed by atoms with Gasteiger partial charge in [-0.15, -0.1) is 35.3 Å². The molecule has 6 nitrogen and oxygen atoms in total. The van der Waals surface area contributed by atoms with Crippen molar-refractivity contribution in [1.29, 1.82) is 0 Å². The van der Waals surface area contributed by atoms with Gasteiger partial charge in [0.25, 0.3) is 0 Å². The molecule has 27 heavy (non-hydrogen) atoms. The highest BCUT2D eigenvalue weighted by Gasteiger charge is 2.30. The normalized spacial score (nSPS) is 11.7. The standard InChI is InChI=1S/C16H20F3N5OS.HI/c1-11-9-24-14(26-11)5-6-21-15(20-2)22-7-8-25-13-4-3-12(10-23-13)16(17,18)19;/h3-4,9-10H,5-8H2,1-2H3,(H2,20,21,22);1H. The summed E-state index contributed by atoms with van der Waals surface area (Å²) in [5.74, 6) is 0.754. The third-order valence-corrected chi connectivity index (χ3v) is 4.20. The quantitative estimate of drug-likeness (QED) is 0.257. The van der Waals surface area contributed by atoms with Crippen LogP contribution in [0.25, 0.3) is 0 Å². The van der Waals surface area contributed by atoms with Gasteiger partial charge < -0.3 is 15.4 Å². The monoisotopic (exact) mass is 515 g/mol. The third-order valence-electron chi connectivity index (χ3n) is 3.23. The van der Waals surface area contributed by atoms with E-state index in [1.807, 2.05) is 13.1 Å². The van der Waals surface area contributed by atoms with Gasteiger partial charge in [-0.25, -0.2) is 9.97 Å². The van der Waals surface area contributed by atoms with Gasteiger partial charge in [-0.3, -0.25) is 4.99 Å². The Kier molecular flexibility index (Phi) is 9.77. The number of alkyl halides is 3. The number of pyridine rings is 1. The van der Waals surface area contributed by atoms with E-state index in [0.29, 0.717) is 19.0 Å². The van der Waals surface area contributed by atoms with Gasteiger partial charge in [0, 0.05) is 43.4 Å². The molecule has 2 N–H and O–H groups in total. The number of guanidine groups is 1. The number of aryl methyl sites for hydroxylation is 1. The Bertz CT molecular complexity index is 722. The van der Waals surface area contributed by atoms with Crippen LogP contribution in [0.3, 0.4) is 0 Å². The van der Waals surface area contributed by atoms with Crippen LogP contribution in [-0.4, -0.2) is 42.7 Å². The van der Waals surface area contributed by atoms with Gasteiger partial charge in [0.1, 0.15) is 6.61 Å². The number of rotatable bonds is 7. The van der Waals surface area contributed by atoms with E-state index in [1.54, 1.807) is 18.4 Å². The first-order valence-corrected chi connectivity index (χ1v) is 8.72. The predicted octanol–water partition coefficient (Wildman–Crippen LogP) is 3.27. The van der Waals surface area contributed by atoms with E-state index in [0.717, 1.165) is 23.7 Å². The van der Waals surface area contributed by atoms with Crippen molar-refractivity contribution >= 4 is 41.3 Å². The van der Waals surface area contributed by atoms with Gasteiger partial charge in [0.2, 0.25) is 5.88 Å². The SMILES string of the molecule is CN=C(NCCOc1ccc(C(F)(F)F)cn1)NCCc1ncc(C)s1.I. The number of aromatic nitrogens is 2. The summed E-state index contributed by atoms with van der Waals surface area (Å²) in [5, 5.41) is 7.27. The van der Waals surface area contributed by atoms with Gasteiger partial charge in [-0.05, 0) is 13.0 Å². The lowest BCUT2D eigenvalue weighted by Crippen LogP contribution is -2.40. The van der Waals surface area contributed by atoms with Gasteiger partial charge in [0.15, 0.2) is 5.96 Å². The average Bonchev–Trinajstić information content (AvgIpc) is 3.02. The van der Waals surface area contributed by atoms with Crippen molar-refractivity contribution in [1.82, 2.24) is 20.6 Å². The van der Waals surface area contributed by atoms with E-state index in [4.69, 9.17) is 4.74 Å². The van der Waals surface area contributed by atoms with E-state index in [1.165, 1.54) is 10.9 Å². The lowest BCUT2D eigenvalue weighted by atomic mass is 10.3. The predicted molar refractivity (Wildman–Crippen MR) is 110 cm³/mol. The van der Waals surface area contributed by atoms with Crippen LogP contribution in [0.5, 0.6) is 5.88 Å². The second kappa shape index (κ2) is 11.3. The fourth-order valence-electron chi connectivity index (χ4n) is 1.98. The molecular formula is C16H21F3IN5OS. The Morgan fingerprint density at radius 2 is 1.93 bits per heavy atom. The zero-order chi connectivity index (χ0) is 19.0. The number of halogens is 4. The Morgan fingerprint density at radius 1 is 1.19 bits per heavy atom. The molecule has 0 aliphatic carbocycles. The molecule has 0 amide bonds. The molecule has 11 heteroatoms. The number of thiazole rings is 1. The second-order valence-electron chi connectivity index (χ2n) is 5.27. The van der Waals surface area contributed by atoms with Crippen molar-refractivity contribution in [3.63, 3.8) is 0 Å². The highest BCUT2D eigenvalue weighted by atomic mass is 127. The van der Waals surface area contributed by atoms with Crippen LogP contribution in [0.2, 0.25) is 0 Å². The summed E-state index contributed by atoms with van der Waals surface area (Å²) in [6.45, 7) is 3.37. The Balaban J connectivity index is 0.00000364. The molecule has 150 valence electrons. The molecule has 2 aromatic rings. The van der Waals surface area contributed by atoms with Crippen LogP contribution < -0.4 is 15.4 Å². The van der Waals surface area contributed by atoms with Gasteiger partial charge in [-0.2, -0.15) is 13.2 Å². The van der Waals surface area contributed by atoms with Crippen LogP contribution in [0.15, 0.2) is 29.5 Å². The van der Waals surface area contributed by atoms with Gasteiger partial charge in [0.05, 0.1) is 17.1 Å². The summed E-state index contributed by atoms with van der Waals surface area (Å²) in [6, 6.07) is 2.14. The molecule has 0 bridgehead atoms. The molecule has 0 saturated heterocycles. The topological polar surface area (TPSA) is 71.4 Å². The van der Waals surface area contributed by atoms with Crippen LogP contribution >= 0.6 is 35.3 Å². The fraction of sp³-hybridized carbons (Fsp3) is 0.438. The van der Waals surface area contributed by atoms with E-state index < -0.39 is 11.7 Å². The molecule has 0 radical (unpaired) electrons. The summed E-state index contributed by atoms with van der Waals surface area (Å²) in [7, 11) is 1.65. The molecule has 2 rings (SSSR count). The van der Waals surface area contributed by atoms with E-state index in [2.05, 4.69) is 25.6 Å². The zero-order valence-electron chi connectivity index (χ0n) is 14.8. The maximum Gasteiger partial charge on any atom is 0.417 e. The van der Waals surface area contributed by atoms with Crippen LogP contribution in [-0.2, 0) is 12.6 Å². The minimum absolute atomic E-state index is 0. The van der Waals surface area contributed by atoms with Crippen molar-refractivity contribution in [3.05, 3.63) is 40.0 Å². The van der Waals surface area contributed by atoms with E-state index in [-0.39, 0.29) is 36.5 Å². The maximum absolute atomic E-state index is 12.5. The highest BCUT2D eigenvalue weighted by molar-refractivity contribution is 14.0. The summed E-state index contributed by atoms with van der Waals surface area (Å²) in [5.41, 5.74) is -0.803. The van der Waals surface area contributed by atoms with Crippen molar-refractivity contribution in [2.45, 2.75) is 19.5 Å². The molecule has 0 aliphatic rings. The number of nitrogens with one attached hydrogen (secondary N) is 2. The largest absolute Gasteiger partial charge is 0.476 e. The molecule has 2 aromatic heterocycles. The van der Waals surface area contributed by atoms with Crippen molar-refractivity contribution in [2.75, 3.05) is 26.7 Å². The lowest BCUT2D eigenvalue weighted by Gasteiger charge is -2.12. The zero-order valence-corrected chi connectivity index (χ0v) is 18.0. The summed E-state index contributed by atoms with van der Waals surface area (Å²) in [4.78, 5) is 13.2. The number of aliphatic imine (C=N–C) groups is 1. The minimum Gasteiger partial charge on any atom is -0.476 e. The first kappa shape index (κ1) is 23.4. The van der Waals surface area contributed by atoms with Gasteiger partial charge >= 0.3 is 6.18 Å². The summed E-state index contributed by atoms with van der Waals surface area (Å²) < 4.78 is 42.7. The molecule has 0 atom stereocenters. The Labute approximate surface area is 176 Å². The van der Waals surface area contributed by atoms with Gasteiger partial charge in [-0.1, -0.05) is 0 Å². The molecular weight excluding hydrogens is 494 g/mol. The fourth-order valence-corrected chi connectivity index (χ4v) is 2.77. The summed E-state index contributed by atoms with van der Waals surface area (Å²) >= 11 is 1.66. The maximum atomic E-state index is 12.5. The van der Waals surface area contributed by atoms with Crippen LogP contribution in [0, 0.1) is 6.92 Å². The third kappa shape index (κ3) is 8.28. The summed E-state index contributed by atoms with van der Waals surface area (Å²) in [6.07, 6.45) is -1.00. The van der Waals surface area contributed by atoms with Crippen molar-refractivity contribution in [3.8, 4) is 5.88 Å². The van der Waals surface area contributed by atoms with E-state index >= 15 is 0 Å². The molecule has 0 saturated carbocycles. The molecule has 0 unspecified atom stereocenters. The lowest BCUT2D eigenvalue weighted by molar-refractivity contribution is -0.137. The molecule has 2 heterocycles. The second-order valence-corrected chi connectivity index (χ2v) is 6.59. The van der Waals surface area contributed by atoms with Crippen molar-refractivity contribution < 1.29 is 17.9 Å². The number of hydrogen-bond donors (Lipinski definition) is 2. The number of ether oxygens (including phenoxy) is 1. The van der Waals surface area contributed by atoms with E-state index in [9.17, 15) is 13.2 Å². The molecule has 0 aromatic carbocycles.